The standard InChI is InChI=1S/C17H18BrN3O2S/c1-21(10-9-12-5-3-4-6-13(12)22-2)11-16-19-17(20-23-16)14-7-8-15(18)24-14/h3-8H,9-11H2,1-2H3. The summed E-state index contributed by atoms with van der Waals surface area (Å²) in [4.78, 5) is 7.62. The van der Waals surface area contributed by atoms with Crippen molar-refractivity contribution in [2.45, 2.75) is 13.0 Å². The van der Waals surface area contributed by atoms with E-state index < -0.39 is 0 Å². The van der Waals surface area contributed by atoms with Crippen molar-refractivity contribution >= 4 is 27.3 Å². The Kier molecular flexibility index (Phi) is 5.65. The van der Waals surface area contributed by atoms with Crippen molar-refractivity contribution in [3.63, 3.8) is 0 Å². The van der Waals surface area contributed by atoms with Gasteiger partial charge < -0.3 is 9.26 Å². The fraction of sp³-hybridized carbons (Fsp3) is 0.294. The number of likely N-dealkylation sites (N-methyl/N-ethyl adjacent to an activating group) is 1. The first-order valence-electron chi connectivity index (χ1n) is 7.54. The summed E-state index contributed by atoms with van der Waals surface area (Å²) < 4.78 is 11.8. The number of thiophene rings is 1. The Balaban J connectivity index is 1.57. The lowest BCUT2D eigenvalue weighted by molar-refractivity contribution is 0.268. The highest BCUT2D eigenvalue weighted by Crippen LogP contribution is 2.29. The molecule has 0 saturated heterocycles. The number of hydrogen-bond acceptors (Lipinski definition) is 6. The summed E-state index contributed by atoms with van der Waals surface area (Å²) in [5.74, 6) is 2.19. The molecule has 0 N–H and O–H groups in total. The van der Waals surface area contributed by atoms with E-state index in [0.29, 0.717) is 18.3 Å². The molecule has 0 bridgehead atoms. The van der Waals surface area contributed by atoms with Gasteiger partial charge in [0.05, 0.1) is 22.3 Å². The van der Waals surface area contributed by atoms with Crippen LogP contribution >= 0.6 is 27.3 Å². The maximum atomic E-state index is 5.39. The van der Waals surface area contributed by atoms with Crippen molar-refractivity contribution in [3.05, 3.63) is 51.6 Å². The second-order valence-electron chi connectivity index (χ2n) is 5.42. The van der Waals surface area contributed by atoms with Gasteiger partial charge in [-0.15, -0.1) is 11.3 Å². The Bertz CT molecular complexity index is 802. The zero-order chi connectivity index (χ0) is 16.9. The number of aromatic nitrogens is 2. The molecule has 0 unspecified atom stereocenters. The van der Waals surface area contributed by atoms with Crippen molar-refractivity contribution in [1.82, 2.24) is 15.0 Å². The van der Waals surface area contributed by atoms with Crippen LogP contribution < -0.4 is 4.74 Å². The monoisotopic (exact) mass is 407 g/mol. The molecule has 2 aromatic heterocycles. The lowest BCUT2D eigenvalue weighted by Crippen LogP contribution is -2.21. The number of ether oxygens (including phenoxy) is 1. The lowest BCUT2D eigenvalue weighted by Gasteiger charge is -2.15. The Morgan fingerprint density at radius 1 is 1.25 bits per heavy atom. The van der Waals surface area contributed by atoms with Crippen LogP contribution in [0.2, 0.25) is 0 Å². The molecule has 0 saturated carbocycles. The summed E-state index contributed by atoms with van der Waals surface area (Å²) in [5.41, 5.74) is 1.20. The molecule has 0 atom stereocenters. The average molecular weight is 408 g/mol. The number of para-hydroxylation sites is 1. The summed E-state index contributed by atoms with van der Waals surface area (Å²) in [6, 6.07) is 12.0. The van der Waals surface area contributed by atoms with Gasteiger partial charge >= 0.3 is 0 Å². The first kappa shape index (κ1) is 17.1. The van der Waals surface area contributed by atoms with Gasteiger partial charge in [-0.05, 0) is 53.2 Å². The highest BCUT2D eigenvalue weighted by Gasteiger charge is 2.13. The van der Waals surface area contributed by atoms with Gasteiger partial charge in [-0.25, -0.2) is 0 Å². The second-order valence-corrected chi connectivity index (χ2v) is 7.88. The van der Waals surface area contributed by atoms with Gasteiger partial charge in [-0.2, -0.15) is 4.98 Å². The molecule has 0 aliphatic carbocycles. The zero-order valence-electron chi connectivity index (χ0n) is 13.5. The molecule has 0 aliphatic heterocycles. The predicted octanol–water partition coefficient (Wildman–Crippen LogP) is 4.24. The van der Waals surface area contributed by atoms with Gasteiger partial charge in [0.25, 0.3) is 0 Å². The molecule has 3 aromatic rings. The molecular weight excluding hydrogens is 390 g/mol. The predicted molar refractivity (Wildman–Crippen MR) is 98.3 cm³/mol. The smallest absolute Gasteiger partial charge is 0.241 e. The van der Waals surface area contributed by atoms with Crippen molar-refractivity contribution in [1.29, 1.82) is 0 Å². The highest BCUT2D eigenvalue weighted by atomic mass is 79.9. The van der Waals surface area contributed by atoms with E-state index in [1.54, 1.807) is 18.4 Å². The molecule has 0 aliphatic rings. The minimum atomic E-state index is 0.620. The molecule has 1 aromatic carbocycles. The van der Waals surface area contributed by atoms with E-state index in [4.69, 9.17) is 9.26 Å². The molecule has 24 heavy (non-hydrogen) atoms. The van der Waals surface area contributed by atoms with Crippen LogP contribution in [-0.2, 0) is 13.0 Å². The third-order valence-electron chi connectivity index (χ3n) is 3.62. The Morgan fingerprint density at radius 3 is 2.83 bits per heavy atom. The van der Waals surface area contributed by atoms with Gasteiger partial charge in [0, 0.05) is 6.54 Å². The number of halogens is 1. The van der Waals surface area contributed by atoms with Crippen LogP contribution in [0.4, 0.5) is 0 Å². The van der Waals surface area contributed by atoms with Gasteiger partial charge in [-0.1, -0.05) is 23.4 Å². The van der Waals surface area contributed by atoms with E-state index in [1.165, 1.54) is 5.56 Å². The van der Waals surface area contributed by atoms with Crippen LogP contribution in [0.25, 0.3) is 10.7 Å². The summed E-state index contributed by atoms with van der Waals surface area (Å²) in [6.07, 6.45) is 0.902. The van der Waals surface area contributed by atoms with Gasteiger partial charge in [0.1, 0.15) is 5.75 Å². The van der Waals surface area contributed by atoms with Gasteiger partial charge in [0.2, 0.25) is 11.7 Å². The van der Waals surface area contributed by atoms with Crippen LogP contribution in [0.5, 0.6) is 5.75 Å². The number of hydrogen-bond donors (Lipinski definition) is 0. The number of benzene rings is 1. The maximum Gasteiger partial charge on any atom is 0.241 e. The molecular formula is C17H18BrN3O2S. The minimum Gasteiger partial charge on any atom is -0.496 e. The van der Waals surface area contributed by atoms with Crippen LogP contribution in [0.15, 0.2) is 44.7 Å². The van der Waals surface area contributed by atoms with E-state index in [-0.39, 0.29) is 0 Å². The molecule has 0 fully saturated rings. The molecule has 3 rings (SSSR count). The number of nitrogens with zero attached hydrogens (tertiary/aromatic N) is 3. The van der Waals surface area contributed by atoms with Crippen LogP contribution in [0.1, 0.15) is 11.5 Å². The fourth-order valence-electron chi connectivity index (χ4n) is 2.38. The van der Waals surface area contributed by atoms with Crippen molar-refractivity contribution in [2.24, 2.45) is 0 Å². The highest BCUT2D eigenvalue weighted by molar-refractivity contribution is 9.11. The SMILES string of the molecule is COc1ccccc1CCN(C)Cc1nc(-c2ccc(Br)s2)no1. The fourth-order valence-corrected chi connectivity index (χ4v) is 3.70. The van der Waals surface area contributed by atoms with E-state index in [2.05, 4.69) is 37.0 Å². The van der Waals surface area contributed by atoms with Crippen LogP contribution in [0.3, 0.4) is 0 Å². The summed E-state index contributed by atoms with van der Waals surface area (Å²) >= 11 is 5.03. The maximum absolute atomic E-state index is 5.39. The van der Waals surface area contributed by atoms with Crippen LogP contribution in [-0.4, -0.2) is 35.7 Å². The zero-order valence-corrected chi connectivity index (χ0v) is 15.9. The molecule has 0 radical (unpaired) electrons. The summed E-state index contributed by atoms with van der Waals surface area (Å²) in [5, 5.41) is 4.06. The molecule has 0 spiro atoms. The van der Waals surface area contributed by atoms with E-state index in [9.17, 15) is 0 Å². The summed E-state index contributed by atoms with van der Waals surface area (Å²) in [6.45, 7) is 1.50. The molecule has 5 nitrogen and oxygen atoms in total. The number of methoxy groups -OCH3 is 1. The minimum absolute atomic E-state index is 0.620. The average Bonchev–Trinajstić information content (AvgIpc) is 3.22. The first-order chi connectivity index (χ1) is 11.7. The number of rotatable bonds is 7. The Morgan fingerprint density at radius 2 is 2.08 bits per heavy atom. The summed E-state index contributed by atoms with van der Waals surface area (Å²) in [7, 11) is 3.74. The molecule has 0 amide bonds. The topological polar surface area (TPSA) is 51.4 Å². The molecule has 2 heterocycles. The first-order valence-corrected chi connectivity index (χ1v) is 9.15. The van der Waals surface area contributed by atoms with Crippen molar-refractivity contribution < 1.29 is 9.26 Å². The lowest BCUT2D eigenvalue weighted by atomic mass is 10.1. The third-order valence-corrected chi connectivity index (χ3v) is 5.24. The van der Waals surface area contributed by atoms with Gasteiger partial charge in [0.15, 0.2) is 0 Å². The molecule has 126 valence electrons. The van der Waals surface area contributed by atoms with Crippen molar-refractivity contribution in [3.8, 4) is 16.5 Å². The van der Waals surface area contributed by atoms with E-state index in [1.807, 2.05) is 37.4 Å². The Hall–Kier alpha value is -1.70. The molecule has 7 heteroatoms. The normalized spacial score (nSPS) is 11.2. The third kappa shape index (κ3) is 4.23. The van der Waals surface area contributed by atoms with Crippen molar-refractivity contribution in [2.75, 3.05) is 20.7 Å². The largest absolute Gasteiger partial charge is 0.496 e. The van der Waals surface area contributed by atoms with Gasteiger partial charge in [-0.3, -0.25) is 4.90 Å². The second kappa shape index (κ2) is 7.92. The quantitative estimate of drug-likeness (QED) is 0.585. The van der Waals surface area contributed by atoms with E-state index >= 15 is 0 Å². The van der Waals surface area contributed by atoms with Crippen LogP contribution in [0, 0.1) is 0 Å². The van der Waals surface area contributed by atoms with E-state index in [0.717, 1.165) is 27.4 Å². The Labute approximate surface area is 153 Å².